The third-order valence-corrected chi connectivity index (χ3v) is 7.33. The molecule has 0 radical (unpaired) electrons. The van der Waals surface area contributed by atoms with Crippen molar-refractivity contribution in [1.82, 2.24) is 4.72 Å². The van der Waals surface area contributed by atoms with E-state index >= 15 is 0 Å². The Morgan fingerprint density at radius 2 is 1.55 bits per heavy atom. The third kappa shape index (κ3) is 6.90. The molecular formula is C29H30N4O4S. The van der Waals surface area contributed by atoms with Gasteiger partial charge >= 0.3 is 0 Å². The van der Waals surface area contributed by atoms with E-state index in [-0.39, 0.29) is 17.3 Å². The van der Waals surface area contributed by atoms with Crippen LogP contribution in [0.15, 0.2) is 108 Å². The van der Waals surface area contributed by atoms with Crippen LogP contribution in [0.2, 0.25) is 0 Å². The minimum atomic E-state index is -3.73. The van der Waals surface area contributed by atoms with Gasteiger partial charge in [0.2, 0.25) is 10.0 Å². The second kappa shape index (κ2) is 12.3. The standard InChI is InChI=1S/C29H30N4O4S/c1-36-28-18-23(14-17-27(28)37-20-21-8-4-2-5-9-21)26(33-24-15-12-22(13-16-24)29(30)31)19-32-38(34,35)25-10-6-3-7-11-25/h2-18,26,32-33H,19-20H2,1H3,(H3,30,31). The topological polar surface area (TPSA) is 127 Å². The van der Waals surface area contributed by atoms with Gasteiger partial charge in [0.05, 0.1) is 18.0 Å². The summed E-state index contributed by atoms with van der Waals surface area (Å²) in [6, 6.07) is 30.2. The SMILES string of the molecule is COc1cc(C(CNS(=O)(=O)c2ccccc2)Nc2ccc(C(=N)N)cc2)ccc1OCc1ccccc1. The first kappa shape index (κ1) is 26.7. The van der Waals surface area contributed by atoms with Crippen molar-refractivity contribution < 1.29 is 17.9 Å². The van der Waals surface area contributed by atoms with Gasteiger partial charge in [-0.05, 0) is 59.7 Å². The first-order chi connectivity index (χ1) is 18.4. The maximum Gasteiger partial charge on any atom is 0.240 e. The highest BCUT2D eigenvalue weighted by Gasteiger charge is 2.20. The fourth-order valence-corrected chi connectivity index (χ4v) is 4.90. The van der Waals surface area contributed by atoms with Gasteiger partial charge in [-0.15, -0.1) is 0 Å². The monoisotopic (exact) mass is 530 g/mol. The average molecular weight is 531 g/mol. The van der Waals surface area contributed by atoms with Gasteiger partial charge in [-0.2, -0.15) is 0 Å². The van der Waals surface area contributed by atoms with Crippen LogP contribution in [-0.2, 0) is 16.6 Å². The largest absolute Gasteiger partial charge is 0.493 e. The lowest BCUT2D eigenvalue weighted by atomic mass is 10.1. The highest BCUT2D eigenvalue weighted by molar-refractivity contribution is 7.89. The highest BCUT2D eigenvalue weighted by atomic mass is 32.2. The molecule has 0 aliphatic heterocycles. The molecule has 0 amide bonds. The van der Waals surface area contributed by atoms with E-state index in [1.807, 2.05) is 48.5 Å². The van der Waals surface area contributed by atoms with Gasteiger partial charge in [0, 0.05) is 17.8 Å². The lowest BCUT2D eigenvalue weighted by Crippen LogP contribution is -2.31. The second-order valence-corrected chi connectivity index (χ2v) is 10.3. The summed E-state index contributed by atoms with van der Waals surface area (Å²) in [5.41, 5.74) is 8.73. The molecule has 0 heterocycles. The summed E-state index contributed by atoms with van der Waals surface area (Å²) in [6.45, 7) is 0.455. The smallest absolute Gasteiger partial charge is 0.240 e. The maximum atomic E-state index is 12.9. The van der Waals surface area contributed by atoms with Crippen LogP contribution in [0.1, 0.15) is 22.7 Å². The number of methoxy groups -OCH3 is 1. The van der Waals surface area contributed by atoms with Crippen LogP contribution in [-0.4, -0.2) is 27.9 Å². The molecule has 0 aliphatic rings. The van der Waals surface area contributed by atoms with E-state index in [2.05, 4.69) is 10.0 Å². The van der Waals surface area contributed by atoms with E-state index in [1.54, 1.807) is 61.7 Å². The number of nitrogen functional groups attached to an aromatic ring is 1. The molecule has 0 aliphatic carbocycles. The molecule has 4 aromatic carbocycles. The van der Waals surface area contributed by atoms with Crippen molar-refractivity contribution in [3.05, 3.63) is 120 Å². The van der Waals surface area contributed by atoms with Crippen molar-refractivity contribution >= 4 is 21.5 Å². The first-order valence-electron chi connectivity index (χ1n) is 12.0. The van der Waals surface area contributed by atoms with Gasteiger partial charge in [-0.3, -0.25) is 5.41 Å². The Kier molecular flexibility index (Phi) is 8.62. The summed E-state index contributed by atoms with van der Waals surface area (Å²) in [5.74, 6) is 1.08. The first-order valence-corrected chi connectivity index (χ1v) is 13.4. The number of nitrogens with two attached hydrogens (primary N) is 1. The van der Waals surface area contributed by atoms with Gasteiger partial charge in [0.25, 0.3) is 0 Å². The Morgan fingerprint density at radius 3 is 2.18 bits per heavy atom. The van der Waals surface area contributed by atoms with Gasteiger partial charge in [-0.1, -0.05) is 54.6 Å². The van der Waals surface area contributed by atoms with Crippen molar-refractivity contribution in [3.8, 4) is 11.5 Å². The molecule has 0 spiro atoms. The summed E-state index contributed by atoms with van der Waals surface area (Å²) >= 11 is 0. The molecule has 9 heteroatoms. The van der Waals surface area contributed by atoms with Crippen LogP contribution >= 0.6 is 0 Å². The van der Waals surface area contributed by atoms with E-state index < -0.39 is 16.1 Å². The quantitative estimate of drug-likeness (QED) is 0.156. The maximum absolute atomic E-state index is 12.9. The molecule has 0 saturated carbocycles. The summed E-state index contributed by atoms with van der Waals surface area (Å²) in [7, 11) is -2.16. The molecule has 5 N–H and O–H groups in total. The molecule has 1 atom stereocenters. The van der Waals surface area contributed by atoms with Gasteiger partial charge in [0.1, 0.15) is 12.4 Å². The molecule has 38 heavy (non-hydrogen) atoms. The number of sulfonamides is 1. The van der Waals surface area contributed by atoms with Crippen molar-refractivity contribution in [2.45, 2.75) is 17.5 Å². The molecule has 0 fully saturated rings. The summed E-state index contributed by atoms with van der Waals surface area (Å²) in [4.78, 5) is 0.187. The van der Waals surface area contributed by atoms with E-state index in [9.17, 15) is 8.42 Å². The minimum absolute atomic E-state index is 0.0282. The molecule has 0 bridgehead atoms. The average Bonchev–Trinajstić information content (AvgIpc) is 2.95. The van der Waals surface area contributed by atoms with Crippen molar-refractivity contribution in [1.29, 1.82) is 5.41 Å². The van der Waals surface area contributed by atoms with E-state index in [0.29, 0.717) is 23.7 Å². The van der Waals surface area contributed by atoms with E-state index in [4.69, 9.17) is 20.6 Å². The number of anilines is 1. The zero-order valence-corrected chi connectivity index (χ0v) is 21.7. The molecule has 8 nitrogen and oxygen atoms in total. The van der Waals surface area contributed by atoms with Crippen LogP contribution in [0.25, 0.3) is 0 Å². The number of ether oxygens (including phenoxy) is 2. The third-order valence-electron chi connectivity index (χ3n) is 5.90. The summed E-state index contributed by atoms with van der Waals surface area (Å²) in [6.07, 6.45) is 0. The number of benzene rings is 4. The molecule has 4 rings (SSSR count). The van der Waals surface area contributed by atoms with Crippen LogP contribution in [0.5, 0.6) is 11.5 Å². The Bertz CT molecular complexity index is 1460. The van der Waals surface area contributed by atoms with E-state index in [0.717, 1.165) is 16.8 Å². The normalized spacial score (nSPS) is 11.9. The molecular weight excluding hydrogens is 500 g/mol. The van der Waals surface area contributed by atoms with Crippen LogP contribution in [0, 0.1) is 5.41 Å². The predicted molar refractivity (Wildman–Crippen MR) is 149 cm³/mol. The van der Waals surface area contributed by atoms with Crippen molar-refractivity contribution in [3.63, 3.8) is 0 Å². The Balaban J connectivity index is 1.58. The minimum Gasteiger partial charge on any atom is -0.493 e. The second-order valence-electron chi connectivity index (χ2n) is 8.54. The van der Waals surface area contributed by atoms with Crippen molar-refractivity contribution in [2.75, 3.05) is 19.0 Å². The lowest BCUT2D eigenvalue weighted by Gasteiger charge is -2.22. The van der Waals surface area contributed by atoms with Crippen molar-refractivity contribution in [2.24, 2.45) is 5.73 Å². The number of amidine groups is 1. The molecule has 1 unspecified atom stereocenters. The van der Waals surface area contributed by atoms with Gasteiger partial charge < -0.3 is 20.5 Å². The van der Waals surface area contributed by atoms with Gasteiger partial charge in [-0.25, -0.2) is 13.1 Å². The van der Waals surface area contributed by atoms with Crippen LogP contribution < -0.4 is 25.2 Å². The number of nitrogens with one attached hydrogen (secondary N) is 3. The van der Waals surface area contributed by atoms with E-state index in [1.165, 1.54) is 0 Å². The molecule has 4 aromatic rings. The summed E-state index contributed by atoms with van der Waals surface area (Å²) < 4.78 is 40.1. The Morgan fingerprint density at radius 1 is 0.895 bits per heavy atom. The summed E-state index contributed by atoms with van der Waals surface area (Å²) in [5, 5.41) is 11.0. The number of rotatable bonds is 12. The number of hydrogen-bond acceptors (Lipinski definition) is 6. The molecule has 0 saturated heterocycles. The lowest BCUT2D eigenvalue weighted by molar-refractivity contribution is 0.284. The number of hydrogen-bond donors (Lipinski definition) is 4. The van der Waals surface area contributed by atoms with Crippen LogP contribution in [0.3, 0.4) is 0 Å². The Labute approximate surface area is 223 Å². The van der Waals surface area contributed by atoms with Gasteiger partial charge in [0.15, 0.2) is 11.5 Å². The zero-order chi connectivity index (χ0) is 27.0. The predicted octanol–water partition coefficient (Wildman–Crippen LogP) is 4.69. The van der Waals surface area contributed by atoms with Crippen LogP contribution in [0.4, 0.5) is 5.69 Å². The fourth-order valence-electron chi connectivity index (χ4n) is 3.83. The molecule has 0 aromatic heterocycles. The Hall–Kier alpha value is -4.34. The highest BCUT2D eigenvalue weighted by Crippen LogP contribution is 2.32. The fraction of sp³-hybridized carbons (Fsp3) is 0.138. The molecule has 196 valence electrons. The zero-order valence-electron chi connectivity index (χ0n) is 20.9.